The molecular formula is C27H36O6P2. The summed E-state index contributed by atoms with van der Waals surface area (Å²) in [6.45, 7) is 2.22. The molecule has 0 saturated carbocycles. The van der Waals surface area contributed by atoms with Crippen LogP contribution in [-0.4, -0.2) is 9.79 Å². The zero-order chi connectivity index (χ0) is 25.0. The standard InChI is InChI=1S/C27H36O6P2/c1-2-3-4-5-6-7-10-15-24-20-22-27(23-21-24)31-34(28,29)35(30,32-25-16-11-8-12-17-25)33-26-18-13-9-14-19-26/h8-9,11-14,16-23,28-29,34H,2-7,10,15H2,1H3. The van der Waals surface area contributed by atoms with Gasteiger partial charge in [-0.25, -0.2) is 0 Å². The number of unbranched alkanes of at least 4 members (excludes halogenated alkanes) is 6. The van der Waals surface area contributed by atoms with E-state index in [0.717, 1.165) is 18.4 Å². The third-order valence-electron chi connectivity index (χ3n) is 5.54. The molecule has 0 spiro atoms. The van der Waals surface area contributed by atoms with E-state index in [1.807, 2.05) is 12.1 Å². The Labute approximate surface area is 208 Å². The summed E-state index contributed by atoms with van der Waals surface area (Å²) in [6.07, 6.45) is 9.66. The fourth-order valence-corrected chi connectivity index (χ4v) is 7.24. The molecule has 0 heterocycles. The van der Waals surface area contributed by atoms with E-state index < -0.39 is 14.9 Å². The second kappa shape index (κ2) is 13.7. The topological polar surface area (TPSA) is 85.2 Å². The van der Waals surface area contributed by atoms with E-state index in [-0.39, 0.29) is 17.2 Å². The van der Waals surface area contributed by atoms with E-state index >= 15 is 0 Å². The van der Waals surface area contributed by atoms with Crippen LogP contribution in [-0.2, 0) is 11.0 Å². The van der Waals surface area contributed by atoms with Crippen molar-refractivity contribution in [3.63, 3.8) is 0 Å². The molecule has 0 aliphatic heterocycles. The summed E-state index contributed by atoms with van der Waals surface area (Å²) in [7, 11) is -9.57. The predicted molar refractivity (Wildman–Crippen MR) is 143 cm³/mol. The molecule has 190 valence electrons. The normalized spacial score (nSPS) is 12.2. The number of aryl methyl sites for hydroxylation is 1. The Morgan fingerprint density at radius 1 is 0.657 bits per heavy atom. The van der Waals surface area contributed by atoms with Crippen LogP contribution >= 0.6 is 14.9 Å². The van der Waals surface area contributed by atoms with Crippen LogP contribution in [0, 0.1) is 0 Å². The fourth-order valence-electron chi connectivity index (χ4n) is 3.60. The molecule has 0 atom stereocenters. The van der Waals surface area contributed by atoms with Gasteiger partial charge >= 0.3 is 196 Å². The molecule has 0 saturated heterocycles. The summed E-state index contributed by atoms with van der Waals surface area (Å²) < 4.78 is 30.3. The first-order chi connectivity index (χ1) is 16.9. The van der Waals surface area contributed by atoms with Crippen LogP contribution in [0.1, 0.15) is 57.4 Å². The van der Waals surface area contributed by atoms with Crippen LogP contribution in [0.5, 0.6) is 17.2 Å². The van der Waals surface area contributed by atoms with Crippen LogP contribution in [0.3, 0.4) is 0 Å². The Morgan fingerprint density at radius 2 is 1.14 bits per heavy atom. The van der Waals surface area contributed by atoms with Crippen molar-refractivity contribution in [1.29, 1.82) is 0 Å². The van der Waals surface area contributed by atoms with Crippen molar-refractivity contribution < 1.29 is 27.9 Å². The zero-order valence-electron chi connectivity index (χ0n) is 20.2. The number of para-hydroxylation sites is 2. The quantitative estimate of drug-likeness (QED) is 0.156. The molecule has 2 N–H and O–H groups in total. The first kappa shape index (κ1) is 27.2. The maximum atomic E-state index is 13.7. The minimum atomic E-state index is -5.02. The molecule has 0 amide bonds. The molecule has 3 aromatic rings. The number of rotatable bonds is 15. The van der Waals surface area contributed by atoms with Gasteiger partial charge in [-0.3, -0.25) is 0 Å². The van der Waals surface area contributed by atoms with Crippen LogP contribution in [0.15, 0.2) is 84.9 Å². The average molecular weight is 519 g/mol. The van der Waals surface area contributed by atoms with Gasteiger partial charge in [0.1, 0.15) is 0 Å². The minimum absolute atomic E-state index is 0.181. The molecule has 0 aromatic heterocycles. The van der Waals surface area contributed by atoms with Gasteiger partial charge in [-0.2, -0.15) is 0 Å². The maximum absolute atomic E-state index is 13.7. The fraction of sp³-hybridized carbons (Fsp3) is 0.333. The number of hydrogen-bond donors (Lipinski definition) is 2. The summed E-state index contributed by atoms with van der Waals surface area (Å²) in [5.74, 6) is 0.555. The SMILES string of the molecule is CCCCCCCCCc1ccc(O[PH](O)(O)P(=O)(Oc2ccccc2)Oc2ccccc2)cc1. The molecule has 0 unspecified atom stereocenters. The van der Waals surface area contributed by atoms with Crippen molar-refractivity contribution >= 4 is 14.9 Å². The van der Waals surface area contributed by atoms with Crippen molar-refractivity contribution in [2.24, 2.45) is 0 Å². The Balaban J connectivity index is 1.65. The third-order valence-corrected chi connectivity index (χ3v) is 10.6. The number of benzene rings is 3. The van der Waals surface area contributed by atoms with Gasteiger partial charge in [0.05, 0.1) is 0 Å². The van der Waals surface area contributed by atoms with Crippen molar-refractivity contribution in [2.45, 2.75) is 58.3 Å². The first-order valence-electron chi connectivity index (χ1n) is 12.2. The van der Waals surface area contributed by atoms with Crippen molar-refractivity contribution in [3.05, 3.63) is 90.5 Å². The molecule has 0 aliphatic rings. The molecule has 0 fully saturated rings. The van der Waals surface area contributed by atoms with Gasteiger partial charge in [0.25, 0.3) is 0 Å². The Kier molecular flexibility index (Phi) is 10.6. The van der Waals surface area contributed by atoms with Crippen LogP contribution < -0.4 is 13.6 Å². The summed E-state index contributed by atoms with van der Waals surface area (Å²) in [6, 6.07) is 23.6. The Morgan fingerprint density at radius 3 is 1.66 bits per heavy atom. The molecule has 0 bridgehead atoms. The second-order valence-electron chi connectivity index (χ2n) is 8.50. The van der Waals surface area contributed by atoms with Gasteiger partial charge in [0.2, 0.25) is 0 Å². The summed E-state index contributed by atoms with van der Waals surface area (Å²) in [4.78, 5) is 21.8. The molecule has 0 radical (unpaired) electrons. The summed E-state index contributed by atoms with van der Waals surface area (Å²) in [5, 5.41) is 0. The Hall–Kier alpha value is -2.36. The molecular weight excluding hydrogens is 482 g/mol. The van der Waals surface area contributed by atoms with Gasteiger partial charge in [0, 0.05) is 0 Å². The van der Waals surface area contributed by atoms with Crippen LogP contribution in [0.2, 0.25) is 0 Å². The third kappa shape index (κ3) is 8.66. The van der Waals surface area contributed by atoms with Crippen LogP contribution in [0.4, 0.5) is 0 Å². The van der Waals surface area contributed by atoms with E-state index in [2.05, 4.69) is 6.92 Å². The van der Waals surface area contributed by atoms with Crippen molar-refractivity contribution in [1.82, 2.24) is 0 Å². The van der Waals surface area contributed by atoms with Gasteiger partial charge in [0.15, 0.2) is 0 Å². The van der Waals surface area contributed by atoms with Gasteiger partial charge < -0.3 is 0 Å². The summed E-state index contributed by atoms with van der Waals surface area (Å²) >= 11 is 0. The molecule has 6 nitrogen and oxygen atoms in total. The van der Waals surface area contributed by atoms with Gasteiger partial charge in [-0.15, -0.1) is 0 Å². The van der Waals surface area contributed by atoms with E-state index in [9.17, 15) is 14.4 Å². The summed E-state index contributed by atoms with van der Waals surface area (Å²) in [5.41, 5.74) is 1.14. The molecule has 8 heteroatoms. The van der Waals surface area contributed by atoms with Crippen molar-refractivity contribution in [2.75, 3.05) is 0 Å². The average Bonchev–Trinajstić information content (AvgIpc) is 2.85. The molecule has 0 aliphatic carbocycles. The van der Waals surface area contributed by atoms with E-state index in [1.165, 1.54) is 38.5 Å². The second-order valence-corrected chi connectivity index (χ2v) is 14.6. The van der Waals surface area contributed by atoms with E-state index in [4.69, 9.17) is 13.6 Å². The monoisotopic (exact) mass is 518 g/mol. The predicted octanol–water partition coefficient (Wildman–Crippen LogP) is 8.10. The van der Waals surface area contributed by atoms with Gasteiger partial charge in [-0.1, -0.05) is 13.3 Å². The van der Waals surface area contributed by atoms with Crippen molar-refractivity contribution in [3.8, 4) is 17.2 Å². The Bertz CT molecular complexity index is 997. The molecule has 35 heavy (non-hydrogen) atoms. The van der Waals surface area contributed by atoms with Crippen LogP contribution in [0.25, 0.3) is 0 Å². The first-order valence-corrected chi connectivity index (χ1v) is 16.4. The number of hydrogen-bond acceptors (Lipinski definition) is 6. The van der Waals surface area contributed by atoms with E-state index in [1.54, 1.807) is 72.8 Å². The van der Waals surface area contributed by atoms with Gasteiger partial charge in [-0.05, 0) is 0 Å². The molecule has 3 rings (SSSR count). The van der Waals surface area contributed by atoms with E-state index in [0.29, 0.717) is 0 Å². The zero-order valence-corrected chi connectivity index (χ0v) is 22.1. The molecule has 3 aromatic carbocycles.